The number of aromatic nitrogens is 3. The molecule has 0 radical (unpaired) electrons. The van der Waals surface area contributed by atoms with E-state index in [9.17, 15) is 14.9 Å². The van der Waals surface area contributed by atoms with Crippen molar-refractivity contribution in [2.45, 2.75) is 37.5 Å². The Balaban J connectivity index is 1.55. The second kappa shape index (κ2) is 8.40. The Kier molecular flexibility index (Phi) is 5.66. The Hall–Kier alpha value is -3.37. The number of rotatable bonds is 7. The minimum absolute atomic E-state index is 0.0729. The van der Waals surface area contributed by atoms with Gasteiger partial charge in [-0.3, -0.25) is 20.0 Å². The van der Waals surface area contributed by atoms with Gasteiger partial charge in [0.25, 0.3) is 5.91 Å². The summed E-state index contributed by atoms with van der Waals surface area (Å²) in [6.07, 6.45) is 3.67. The molecule has 2 heterocycles. The van der Waals surface area contributed by atoms with Gasteiger partial charge in [-0.25, -0.2) is 4.98 Å². The number of carbonyl (C=O) groups excluding carboxylic acids is 1. The lowest BCUT2D eigenvalue weighted by Crippen LogP contribution is -2.38. The maximum Gasteiger partial charge on any atom is 0.327 e. The molecule has 1 amide bonds. The molecule has 1 aromatic heterocycles. The molecule has 1 aliphatic carbocycles. The largest absolute Gasteiger partial charge is 0.493 e. The molecular formula is C20H25N5O6. The van der Waals surface area contributed by atoms with Crippen LogP contribution in [0.2, 0.25) is 0 Å². The summed E-state index contributed by atoms with van der Waals surface area (Å²) in [5.74, 6) is 2.07. The maximum absolute atomic E-state index is 13.2. The first-order valence-electron chi connectivity index (χ1n) is 10.2. The number of carbonyl (C=O) groups is 1. The zero-order chi connectivity index (χ0) is 22.1. The number of nitro benzene ring substituents is 1. The molecule has 4 rings (SSSR count). The lowest BCUT2D eigenvalue weighted by molar-refractivity contribution is -0.386. The normalized spacial score (nSPS) is 16.8. The number of H-pyrrole nitrogens is 1. The van der Waals surface area contributed by atoms with Gasteiger partial charge in [-0.1, -0.05) is 0 Å². The number of nitrogens with zero attached hydrogens (tertiary/aromatic N) is 4. The van der Waals surface area contributed by atoms with Crippen LogP contribution in [0, 0.1) is 10.1 Å². The summed E-state index contributed by atoms with van der Waals surface area (Å²) >= 11 is 0. The van der Waals surface area contributed by atoms with Gasteiger partial charge >= 0.3 is 5.69 Å². The van der Waals surface area contributed by atoms with Crippen molar-refractivity contribution in [3.05, 3.63) is 33.4 Å². The molecule has 0 spiro atoms. The number of likely N-dealkylation sites (tertiary alicyclic amines) is 1. The molecule has 0 bridgehead atoms. The van der Waals surface area contributed by atoms with E-state index in [1.165, 1.54) is 27.4 Å². The number of amides is 1. The van der Waals surface area contributed by atoms with Gasteiger partial charge in [0.2, 0.25) is 11.5 Å². The summed E-state index contributed by atoms with van der Waals surface area (Å²) in [7, 11) is 4.04. The number of hydrogen-bond donors (Lipinski definition) is 1. The third kappa shape index (κ3) is 3.87. The summed E-state index contributed by atoms with van der Waals surface area (Å²) in [4.78, 5) is 30.6. The highest BCUT2D eigenvalue weighted by atomic mass is 16.6. The van der Waals surface area contributed by atoms with Crippen molar-refractivity contribution in [2.75, 3.05) is 34.4 Å². The standard InChI is InChI=1S/C20H25N5O6/c1-29-14-10-13(15(25(27)28)17(31-3)16(14)30-2)20(26)24-8-6-12(7-9-24)19-21-18(22-23-19)11-4-5-11/h10-12H,4-9H2,1-3H3,(H,21,22,23). The van der Waals surface area contributed by atoms with Gasteiger partial charge in [0, 0.05) is 31.0 Å². The van der Waals surface area contributed by atoms with Gasteiger partial charge in [-0.05, 0) is 25.7 Å². The molecule has 0 atom stereocenters. The van der Waals surface area contributed by atoms with E-state index < -0.39 is 16.5 Å². The van der Waals surface area contributed by atoms with E-state index >= 15 is 0 Å². The van der Waals surface area contributed by atoms with Crippen molar-refractivity contribution < 1.29 is 23.9 Å². The second-order valence-electron chi connectivity index (χ2n) is 7.72. The molecule has 0 unspecified atom stereocenters. The van der Waals surface area contributed by atoms with Gasteiger partial charge in [-0.15, -0.1) is 0 Å². The maximum atomic E-state index is 13.2. The Morgan fingerprint density at radius 3 is 2.32 bits per heavy atom. The predicted molar refractivity (Wildman–Crippen MR) is 109 cm³/mol. The minimum Gasteiger partial charge on any atom is -0.493 e. The van der Waals surface area contributed by atoms with Crippen LogP contribution in [0.25, 0.3) is 0 Å². The highest BCUT2D eigenvalue weighted by Gasteiger charge is 2.36. The van der Waals surface area contributed by atoms with E-state index in [1.807, 2.05) is 0 Å². The topological polar surface area (TPSA) is 133 Å². The average Bonchev–Trinajstić information content (AvgIpc) is 3.53. The molecule has 31 heavy (non-hydrogen) atoms. The predicted octanol–water partition coefficient (Wildman–Crippen LogP) is 2.64. The number of nitro groups is 1. The summed E-state index contributed by atoms with van der Waals surface area (Å²) in [5.41, 5.74) is -0.523. The van der Waals surface area contributed by atoms with Crippen LogP contribution >= 0.6 is 0 Å². The number of piperidine rings is 1. The van der Waals surface area contributed by atoms with E-state index in [2.05, 4.69) is 15.2 Å². The Bertz CT molecular complexity index is 994. The van der Waals surface area contributed by atoms with Crippen molar-refractivity contribution in [3.63, 3.8) is 0 Å². The molecule has 1 N–H and O–H groups in total. The van der Waals surface area contributed by atoms with E-state index in [0.717, 1.165) is 24.5 Å². The van der Waals surface area contributed by atoms with Crippen LogP contribution < -0.4 is 14.2 Å². The fourth-order valence-corrected chi connectivity index (χ4v) is 4.01. The molecule has 166 valence electrons. The molecule has 11 nitrogen and oxygen atoms in total. The smallest absolute Gasteiger partial charge is 0.327 e. The first kappa shape index (κ1) is 20.9. The fraction of sp³-hybridized carbons (Fsp3) is 0.550. The van der Waals surface area contributed by atoms with Crippen LogP contribution in [0.15, 0.2) is 6.07 Å². The van der Waals surface area contributed by atoms with Crippen molar-refractivity contribution in [1.82, 2.24) is 20.1 Å². The van der Waals surface area contributed by atoms with Gasteiger partial charge in [0.05, 0.1) is 26.3 Å². The number of ether oxygens (including phenoxy) is 3. The molecule has 1 saturated carbocycles. The lowest BCUT2D eigenvalue weighted by atomic mass is 9.95. The van der Waals surface area contributed by atoms with E-state index in [0.29, 0.717) is 31.8 Å². The number of methoxy groups -OCH3 is 3. The minimum atomic E-state index is -0.630. The summed E-state index contributed by atoms with van der Waals surface area (Å²) < 4.78 is 15.7. The lowest BCUT2D eigenvalue weighted by Gasteiger charge is -2.31. The molecule has 11 heteroatoms. The van der Waals surface area contributed by atoms with Crippen LogP contribution in [-0.4, -0.2) is 65.3 Å². The number of hydrogen-bond acceptors (Lipinski definition) is 8. The highest BCUT2D eigenvalue weighted by Crippen LogP contribution is 2.46. The quantitative estimate of drug-likeness (QED) is 0.522. The summed E-state index contributed by atoms with van der Waals surface area (Å²) in [6, 6.07) is 1.34. The van der Waals surface area contributed by atoms with Crippen molar-refractivity contribution in [1.29, 1.82) is 0 Å². The van der Waals surface area contributed by atoms with Gasteiger partial charge in [0.1, 0.15) is 11.4 Å². The second-order valence-corrected chi connectivity index (χ2v) is 7.72. The Morgan fingerprint density at radius 1 is 1.10 bits per heavy atom. The third-order valence-corrected chi connectivity index (χ3v) is 5.85. The Morgan fingerprint density at radius 2 is 1.77 bits per heavy atom. The summed E-state index contributed by atoms with van der Waals surface area (Å²) in [5, 5.41) is 19.1. The molecule has 1 saturated heterocycles. The van der Waals surface area contributed by atoms with Crippen LogP contribution in [0.1, 0.15) is 59.5 Å². The Labute approximate surface area is 178 Å². The average molecular weight is 431 g/mol. The zero-order valence-electron chi connectivity index (χ0n) is 17.7. The van der Waals surface area contributed by atoms with Crippen molar-refractivity contribution in [2.24, 2.45) is 0 Å². The number of benzene rings is 1. The van der Waals surface area contributed by atoms with Crippen molar-refractivity contribution >= 4 is 11.6 Å². The SMILES string of the molecule is COc1cc(C(=O)N2CCC(c3nc(C4CC4)n[nH]3)CC2)c([N+](=O)[O-])c(OC)c1OC. The molecular weight excluding hydrogens is 406 g/mol. The van der Waals surface area contributed by atoms with Crippen molar-refractivity contribution in [3.8, 4) is 17.2 Å². The summed E-state index contributed by atoms with van der Waals surface area (Å²) in [6.45, 7) is 0.910. The first-order chi connectivity index (χ1) is 15.0. The van der Waals surface area contributed by atoms with Gasteiger partial charge in [-0.2, -0.15) is 5.10 Å². The monoisotopic (exact) mass is 431 g/mol. The van der Waals surface area contributed by atoms with E-state index in [1.54, 1.807) is 4.90 Å². The number of aromatic amines is 1. The van der Waals surface area contributed by atoms with Crippen LogP contribution in [0.5, 0.6) is 17.2 Å². The number of nitrogens with one attached hydrogen (secondary N) is 1. The van der Waals surface area contributed by atoms with Crippen LogP contribution in [0.3, 0.4) is 0 Å². The molecule has 1 aliphatic heterocycles. The van der Waals surface area contributed by atoms with Gasteiger partial charge in [0.15, 0.2) is 11.6 Å². The fourth-order valence-electron chi connectivity index (χ4n) is 4.01. The highest BCUT2D eigenvalue weighted by molar-refractivity contribution is 6.00. The molecule has 2 fully saturated rings. The molecule has 1 aromatic carbocycles. The first-order valence-corrected chi connectivity index (χ1v) is 10.2. The molecule has 2 aromatic rings. The van der Waals surface area contributed by atoms with E-state index in [-0.39, 0.29) is 28.7 Å². The van der Waals surface area contributed by atoms with Crippen LogP contribution in [-0.2, 0) is 0 Å². The van der Waals surface area contributed by atoms with Gasteiger partial charge < -0.3 is 19.1 Å². The zero-order valence-corrected chi connectivity index (χ0v) is 17.7. The molecule has 2 aliphatic rings. The third-order valence-electron chi connectivity index (χ3n) is 5.85. The van der Waals surface area contributed by atoms with E-state index in [4.69, 9.17) is 14.2 Å². The van der Waals surface area contributed by atoms with Crippen LogP contribution in [0.4, 0.5) is 5.69 Å².